The standard InChI is InChI=1S/C18H13ClF2N2O2S/c1-11-15(19)3-2-4-17(11)26(24,25)23-18-8-5-12(10-22-18)14-7-6-13(20)9-16(14)21/h2-10H,1H3,(H,22,23). The lowest BCUT2D eigenvalue weighted by molar-refractivity contribution is 0.585. The largest absolute Gasteiger partial charge is 0.263 e. The third-order valence-corrected chi connectivity index (χ3v) is 5.66. The van der Waals surface area contributed by atoms with Gasteiger partial charge >= 0.3 is 0 Å². The van der Waals surface area contributed by atoms with Gasteiger partial charge in [0.25, 0.3) is 10.0 Å². The van der Waals surface area contributed by atoms with Crippen LogP contribution in [-0.2, 0) is 10.0 Å². The first-order valence-corrected chi connectivity index (χ1v) is 9.33. The van der Waals surface area contributed by atoms with Gasteiger partial charge in [0.05, 0.1) is 4.90 Å². The van der Waals surface area contributed by atoms with E-state index < -0.39 is 21.7 Å². The van der Waals surface area contributed by atoms with Crippen LogP contribution in [0.1, 0.15) is 5.56 Å². The van der Waals surface area contributed by atoms with Gasteiger partial charge in [0.15, 0.2) is 0 Å². The molecule has 0 radical (unpaired) electrons. The number of rotatable bonds is 4. The maximum Gasteiger partial charge on any atom is 0.263 e. The lowest BCUT2D eigenvalue weighted by Gasteiger charge is -2.11. The van der Waals surface area contributed by atoms with Crippen molar-refractivity contribution in [3.63, 3.8) is 0 Å². The average Bonchev–Trinajstić information content (AvgIpc) is 2.58. The molecule has 26 heavy (non-hydrogen) atoms. The van der Waals surface area contributed by atoms with E-state index in [9.17, 15) is 17.2 Å². The van der Waals surface area contributed by atoms with E-state index in [1.165, 1.54) is 36.5 Å². The van der Waals surface area contributed by atoms with Gasteiger partial charge in [0, 0.05) is 28.4 Å². The van der Waals surface area contributed by atoms with Crippen molar-refractivity contribution in [2.45, 2.75) is 11.8 Å². The van der Waals surface area contributed by atoms with E-state index >= 15 is 0 Å². The highest BCUT2D eigenvalue weighted by atomic mass is 35.5. The van der Waals surface area contributed by atoms with Crippen LogP contribution in [0.3, 0.4) is 0 Å². The van der Waals surface area contributed by atoms with Gasteiger partial charge in [-0.2, -0.15) is 0 Å². The van der Waals surface area contributed by atoms with Crippen molar-refractivity contribution in [1.29, 1.82) is 0 Å². The molecular weight excluding hydrogens is 382 g/mol. The Morgan fingerprint density at radius 2 is 1.85 bits per heavy atom. The second-order valence-electron chi connectivity index (χ2n) is 5.52. The molecule has 0 fully saturated rings. The number of aromatic nitrogens is 1. The van der Waals surface area contributed by atoms with E-state index in [0.29, 0.717) is 16.1 Å². The van der Waals surface area contributed by atoms with Crippen LogP contribution in [0.4, 0.5) is 14.6 Å². The van der Waals surface area contributed by atoms with Crippen molar-refractivity contribution >= 4 is 27.4 Å². The summed E-state index contributed by atoms with van der Waals surface area (Å²) in [5.74, 6) is -1.34. The SMILES string of the molecule is Cc1c(Cl)cccc1S(=O)(=O)Nc1ccc(-c2ccc(F)cc2F)cn1. The molecule has 2 aromatic carbocycles. The molecule has 0 aliphatic heterocycles. The summed E-state index contributed by atoms with van der Waals surface area (Å²) < 4.78 is 54.2. The summed E-state index contributed by atoms with van der Waals surface area (Å²) in [4.78, 5) is 4.04. The van der Waals surface area contributed by atoms with Crippen LogP contribution in [0.2, 0.25) is 5.02 Å². The normalized spacial score (nSPS) is 11.4. The molecule has 3 aromatic rings. The predicted molar refractivity (Wildman–Crippen MR) is 96.6 cm³/mol. The van der Waals surface area contributed by atoms with E-state index in [1.807, 2.05) is 0 Å². The van der Waals surface area contributed by atoms with E-state index in [2.05, 4.69) is 9.71 Å². The Kier molecular flexibility index (Phi) is 4.93. The first kappa shape index (κ1) is 18.3. The third kappa shape index (κ3) is 3.68. The number of sulfonamides is 1. The van der Waals surface area contributed by atoms with Gasteiger partial charge in [-0.05, 0) is 48.9 Å². The molecular formula is C18H13ClF2N2O2S. The fraction of sp³-hybridized carbons (Fsp3) is 0.0556. The quantitative estimate of drug-likeness (QED) is 0.692. The fourth-order valence-corrected chi connectivity index (χ4v) is 3.92. The van der Waals surface area contributed by atoms with Gasteiger partial charge in [-0.15, -0.1) is 0 Å². The maximum absolute atomic E-state index is 13.8. The molecule has 0 amide bonds. The van der Waals surface area contributed by atoms with E-state index in [1.54, 1.807) is 13.0 Å². The Morgan fingerprint density at radius 3 is 2.50 bits per heavy atom. The molecule has 0 aliphatic rings. The highest BCUT2D eigenvalue weighted by Gasteiger charge is 2.19. The molecule has 1 N–H and O–H groups in total. The number of nitrogens with one attached hydrogen (secondary N) is 1. The summed E-state index contributed by atoms with van der Waals surface area (Å²) >= 11 is 5.97. The monoisotopic (exact) mass is 394 g/mol. The number of anilines is 1. The summed E-state index contributed by atoms with van der Waals surface area (Å²) in [5.41, 5.74) is 0.982. The van der Waals surface area contributed by atoms with Gasteiger partial charge < -0.3 is 0 Å². The molecule has 0 aliphatic carbocycles. The number of hydrogen-bond acceptors (Lipinski definition) is 3. The molecule has 0 saturated carbocycles. The van der Waals surface area contributed by atoms with Crippen LogP contribution < -0.4 is 4.72 Å². The molecule has 0 unspecified atom stereocenters. The molecule has 8 heteroatoms. The smallest absolute Gasteiger partial charge is 0.263 e. The Labute approximate surface area is 154 Å². The van der Waals surface area contributed by atoms with Crippen LogP contribution in [0.5, 0.6) is 0 Å². The molecule has 3 rings (SSSR count). The first-order valence-electron chi connectivity index (χ1n) is 7.47. The summed E-state index contributed by atoms with van der Waals surface area (Å²) in [7, 11) is -3.88. The van der Waals surface area contributed by atoms with E-state index in [0.717, 1.165) is 12.1 Å². The fourth-order valence-electron chi connectivity index (χ4n) is 2.41. The number of halogens is 3. The zero-order valence-corrected chi connectivity index (χ0v) is 15.1. The molecule has 0 saturated heterocycles. The molecule has 0 bridgehead atoms. The minimum Gasteiger partial charge on any atom is -0.263 e. The van der Waals surface area contributed by atoms with Crippen molar-refractivity contribution in [3.8, 4) is 11.1 Å². The summed E-state index contributed by atoms with van der Waals surface area (Å²) in [6, 6.07) is 10.7. The molecule has 0 spiro atoms. The molecule has 0 atom stereocenters. The van der Waals surface area contributed by atoms with Gasteiger partial charge in [0.1, 0.15) is 17.5 Å². The van der Waals surface area contributed by atoms with Crippen LogP contribution >= 0.6 is 11.6 Å². The average molecular weight is 395 g/mol. The Morgan fingerprint density at radius 1 is 1.08 bits per heavy atom. The summed E-state index contributed by atoms with van der Waals surface area (Å²) in [5, 5.41) is 0.336. The second kappa shape index (κ2) is 7.01. The number of benzene rings is 2. The molecule has 4 nitrogen and oxygen atoms in total. The van der Waals surface area contributed by atoms with Crippen LogP contribution in [0.25, 0.3) is 11.1 Å². The molecule has 1 aromatic heterocycles. The van der Waals surface area contributed by atoms with Crippen molar-refractivity contribution in [1.82, 2.24) is 4.98 Å². The molecule has 134 valence electrons. The Balaban J connectivity index is 1.88. The minimum atomic E-state index is -3.88. The van der Waals surface area contributed by atoms with Crippen molar-refractivity contribution in [2.75, 3.05) is 4.72 Å². The van der Waals surface area contributed by atoms with Crippen LogP contribution in [-0.4, -0.2) is 13.4 Å². The number of pyridine rings is 1. The van der Waals surface area contributed by atoms with Gasteiger partial charge in [-0.1, -0.05) is 17.7 Å². The highest BCUT2D eigenvalue weighted by Crippen LogP contribution is 2.26. The zero-order valence-electron chi connectivity index (χ0n) is 13.5. The third-order valence-electron chi connectivity index (χ3n) is 3.75. The van der Waals surface area contributed by atoms with E-state index in [4.69, 9.17) is 11.6 Å². The topological polar surface area (TPSA) is 59.1 Å². The number of hydrogen-bond donors (Lipinski definition) is 1. The minimum absolute atomic E-state index is 0.0421. The second-order valence-corrected chi connectivity index (χ2v) is 7.58. The predicted octanol–water partition coefficient (Wildman–Crippen LogP) is 4.79. The van der Waals surface area contributed by atoms with Crippen molar-refractivity contribution < 1.29 is 17.2 Å². The van der Waals surface area contributed by atoms with Crippen LogP contribution in [0.15, 0.2) is 59.6 Å². The lowest BCUT2D eigenvalue weighted by atomic mass is 10.1. The Hall–Kier alpha value is -2.51. The van der Waals surface area contributed by atoms with Gasteiger partial charge in [0.2, 0.25) is 0 Å². The first-order chi connectivity index (χ1) is 12.3. The van der Waals surface area contributed by atoms with Gasteiger partial charge in [-0.25, -0.2) is 22.2 Å². The molecule has 1 heterocycles. The number of nitrogens with zero attached hydrogens (tertiary/aromatic N) is 1. The maximum atomic E-state index is 13.8. The van der Waals surface area contributed by atoms with Crippen molar-refractivity contribution in [3.05, 3.63) is 76.9 Å². The Bertz CT molecular complexity index is 1070. The zero-order chi connectivity index (χ0) is 18.9. The van der Waals surface area contributed by atoms with Gasteiger partial charge in [-0.3, -0.25) is 4.72 Å². The van der Waals surface area contributed by atoms with E-state index in [-0.39, 0.29) is 16.3 Å². The summed E-state index contributed by atoms with van der Waals surface area (Å²) in [6.45, 7) is 1.60. The van der Waals surface area contributed by atoms with Crippen LogP contribution in [0, 0.1) is 18.6 Å². The lowest BCUT2D eigenvalue weighted by Crippen LogP contribution is -2.15. The van der Waals surface area contributed by atoms with Crippen molar-refractivity contribution in [2.24, 2.45) is 0 Å². The highest BCUT2D eigenvalue weighted by molar-refractivity contribution is 7.92. The summed E-state index contributed by atoms with van der Waals surface area (Å²) in [6.07, 6.45) is 1.30.